The second-order valence-electron chi connectivity index (χ2n) is 4.03. The van der Waals surface area contributed by atoms with Crippen molar-refractivity contribution in [2.24, 2.45) is 0 Å². The van der Waals surface area contributed by atoms with Crippen molar-refractivity contribution in [1.82, 2.24) is 10.3 Å². The van der Waals surface area contributed by atoms with Crippen molar-refractivity contribution in [3.05, 3.63) is 23.4 Å². The molecule has 0 bridgehead atoms. The summed E-state index contributed by atoms with van der Waals surface area (Å²) >= 11 is 7.15. The van der Waals surface area contributed by atoms with E-state index in [9.17, 15) is 4.79 Å². The number of nitrogens with one attached hydrogen (secondary N) is 1. The van der Waals surface area contributed by atoms with Crippen molar-refractivity contribution in [3.63, 3.8) is 0 Å². The van der Waals surface area contributed by atoms with Gasteiger partial charge in [-0.3, -0.25) is 4.79 Å². The third kappa shape index (κ3) is 4.34. The van der Waals surface area contributed by atoms with Crippen LogP contribution in [0.25, 0.3) is 0 Å². The molecule has 1 heterocycles. The van der Waals surface area contributed by atoms with Crippen LogP contribution in [0.15, 0.2) is 18.3 Å². The van der Waals surface area contributed by atoms with E-state index in [1.807, 2.05) is 6.26 Å². The van der Waals surface area contributed by atoms with Gasteiger partial charge in [0, 0.05) is 19.2 Å². The summed E-state index contributed by atoms with van der Waals surface area (Å²) in [5, 5.41) is 3.24. The molecule has 1 aromatic rings. The fourth-order valence-electron chi connectivity index (χ4n) is 1.47. The normalized spacial score (nSPS) is 14.9. The van der Waals surface area contributed by atoms with Crippen LogP contribution < -0.4 is 10.1 Å². The molecule has 0 aliphatic carbocycles. The number of nitrogens with zero attached hydrogens (tertiary/aromatic N) is 1. The van der Waals surface area contributed by atoms with Crippen molar-refractivity contribution in [2.45, 2.75) is 24.8 Å². The first kappa shape index (κ1) is 15.7. The number of carbonyl (C=O) groups is 1. The van der Waals surface area contributed by atoms with Gasteiger partial charge in [-0.05, 0) is 19.2 Å². The minimum atomic E-state index is -0.924. The van der Waals surface area contributed by atoms with Gasteiger partial charge in [-0.15, -0.1) is 18.2 Å². The third-order valence-corrected chi connectivity index (χ3v) is 3.57. The van der Waals surface area contributed by atoms with Crippen LogP contribution in [0.4, 0.5) is 0 Å². The molecule has 19 heavy (non-hydrogen) atoms. The molecule has 0 aliphatic rings. The average Bonchev–Trinajstić information content (AvgIpc) is 2.37. The van der Waals surface area contributed by atoms with E-state index in [1.54, 1.807) is 19.1 Å². The number of hydrogen-bond acceptors (Lipinski definition) is 4. The highest BCUT2D eigenvalue weighted by molar-refractivity contribution is 7.99. The summed E-state index contributed by atoms with van der Waals surface area (Å²) in [6.07, 6.45) is 8.84. The van der Waals surface area contributed by atoms with E-state index in [0.29, 0.717) is 10.9 Å². The second-order valence-corrected chi connectivity index (χ2v) is 5.36. The molecule has 0 aliphatic heterocycles. The Morgan fingerprint density at radius 2 is 2.37 bits per heavy atom. The molecule has 2 unspecified atom stereocenters. The summed E-state index contributed by atoms with van der Waals surface area (Å²) in [4.78, 5) is 15.3. The molecule has 0 aromatic carbocycles. The molecular weight excluding hydrogens is 284 g/mol. The lowest BCUT2D eigenvalue weighted by molar-refractivity contribution is -0.120. The number of thioether (sulfide) groups is 1. The zero-order valence-electron chi connectivity index (χ0n) is 10.9. The molecule has 0 saturated heterocycles. The molecule has 2 atom stereocenters. The van der Waals surface area contributed by atoms with Crippen molar-refractivity contribution in [3.8, 4) is 18.2 Å². The van der Waals surface area contributed by atoms with Crippen LogP contribution in [0, 0.1) is 12.3 Å². The number of carbonyl (C=O) groups excluding carboxylic acids is 1. The maximum Gasteiger partial charge on any atom is 0.218 e. The Hall–Kier alpha value is -1.38. The minimum Gasteiger partial charge on any atom is -0.460 e. The molecule has 1 aromatic heterocycles. The Labute approximate surface area is 122 Å². The molecule has 6 heteroatoms. The van der Waals surface area contributed by atoms with Crippen molar-refractivity contribution in [2.75, 3.05) is 6.26 Å². The largest absolute Gasteiger partial charge is 0.460 e. The fraction of sp³-hybridized carbons (Fsp3) is 0.385. The zero-order valence-corrected chi connectivity index (χ0v) is 12.5. The highest BCUT2D eigenvalue weighted by Gasteiger charge is 2.35. The van der Waals surface area contributed by atoms with Crippen molar-refractivity contribution < 1.29 is 9.53 Å². The molecule has 0 saturated carbocycles. The second kappa shape index (κ2) is 6.69. The van der Waals surface area contributed by atoms with Gasteiger partial charge >= 0.3 is 0 Å². The molecule has 1 rings (SSSR count). The first-order valence-corrected chi connectivity index (χ1v) is 7.15. The van der Waals surface area contributed by atoms with Crippen LogP contribution in [-0.4, -0.2) is 28.1 Å². The molecule has 0 radical (unpaired) electrons. The van der Waals surface area contributed by atoms with Gasteiger partial charge in [0.1, 0.15) is 5.54 Å². The number of rotatable bonds is 5. The van der Waals surface area contributed by atoms with Crippen LogP contribution >= 0.6 is 23.4 Å². The summed E-state index contributed by atoms with van der Waals surface area (Å²) in [6, 6.07) is 3.32. The van der Waals surface area contributed by atoms with Crippen LogP contribution in [0.1, 0.15) is 13.8 Å². The Kier molecular flexibility index (Phi) is 5.52. The highest BCUT2D eigenvalue weighted by atomic mass is 35.5. The lowest BCUT2D eigenvalue weighted by atomic mass is 10.1. The molecule has 1 amide bonds. The first-order chi connectivity index (χ1) is 8.91. The lowest BCUT2D eigenvalue weighted by Gasteiger charge is -2.32. The van der Waals surface area contributed by atoms with Gasteiger partial charge in [-0.1, -0.05) is 17.5 Å². The fourth-order valence-corrected chi connectivity index (χ4v) is 2.38. The topological polar surface area (TPSA) is 51.2 Å². The number of ether oxygens (including phenoxy) is 1. The van der Waals surface area contributed by atoms with Crippen LogP contribution in [0.5, 0.6) is 5.88 Å². The molecule has 0 spiro atoms. The standard InChI is InChI=1S/C13H15ClN2O2S/c1-5-13(3,16-9(2)17)12(19-4)18-11-7-6-10(14)8-15-11/h1,6-8,12H,2-4H3,(H,16,17). The van der Waals surface area contributed by atoms with Gasteiger partial charge in [0.05, 0.1) is 5.02 Å². The van der Waals surface area contributed by atoms with Gasteiger partial charge in [0.2, 0.25) is 11.8 Å². The van der Waals surface area contributed by atoms with E-state index in [0.717, 1.165) is 0 Å². The van der Waals surface area contributed by atoms with Gasteiger partial charge < -0.3 is 10.1 Å². The first-order valence-electron chi connectivity index (χ1n) is 5.49. The number of terminal acetylenes is 1. The Morgan fingerprint density at radius 3 is 2.79 bits per heavy atom. The van der Waals surface area contributed by atoms with E-state index in [2.05, 4.69) is 16.2 Å². The summed E-state index contributed by atoms with van der Waals surface area (Å²) in [7, 11) is 0. The Balaban J connectivity index is 2.90. The summed E-state index contributed by atoms with van der Waals surface area (Å²) in [5.41, 5.74) is -1.39. The highest BCUT2D eigenvalue weighted by Crippen LogP contribution is 2.25. The molecular formula is C13H15ClN2O2S. The predicted molar refractivity (Wildman–Crippen MR) is 78.2 cm³/mol. The average molecular weight is 299 g/mol. The Morgan fingerprint density at radius 1 is 1.68 bits per heavy atom. The summed E-state index contributed by atoms with van der Waals surface area (Å²) in [6.45, 7) is 3.14. The quantitative estimate of drug-likeness (QED) is 0.669. The zero-order chi connectivity index (χ0) is 14.5. The molecule has 102 valence electrons. The lowest BCUT2D eigenvalue weighted by Crippen LogP contribution is -2.53. The van der Waals surface area contributed by atoms with Crippen LogP contribution in [0.3, 0.4) is 0 Å². The third-order valence-electron chi connectivity index (χ3n) is 2.35. The number of pyridine rings is 1. The maximum absolute atomic E-state index is 11.2. The van der Waals surface area contributed by atoms with E-state index < -0.39 is 11.0 Å². The monoisotopic (exact) mass is 298 g/mol. The van der Waals surface area contributed by atoms with Crippen LogP contribution in [0.2, 0.25) is 5.02 Å². The molecule has 1 N–H and O–H groups in total. The minimum absolute atomic E-state index is 0.216. The van der Waals surface area contributed by atoms with E-state index in [4.69, 9.17) is 22.8 Å². The van der Waals surface area contributed by atoms with Crippen LogP contribution in [-0.2, 0) is 4.79 Å². The smallest absolute Gasteiger partial charge is 0.218 e. The van der Waals surface area contributed by atoms with Crippen molar-refractivity contribution >= 4 is 29.3 Å². The SMILES string of the molecule is C#CC(C)(NC(C)=O)C(Oc1ccc(Cl)cn1)SC. The summed E-state index contributed by atoms with van der Waals surface area (Å²) < 4.78 is 5.71. The molecule has 4 nitrogen and oxygen atoms in total. The van der Waals surface area contributed by atoms with Crippen molar-refractivity contribution in [1.29, 1.82) is 0 Å². The van der Waals surface area contributed by atoms with Gasteiger partial charge in [-0.2, -0.15) is 0 Å². The van der Waals surface area contributed by atoms with E-state index >= 15 is 0 Å². The number of halogens is 1. The number of amides is 1. The number of hydrogen-bond donors (Lipinski definition) is 1. The molecule has 0 fully saturated rings. The summed E-state index contributed by atoms with van der Waals surface area (Å²) in [5.74, 6) is 2.74. The van der Waals surface area contributed by atoms with E-state index in [-0.39, 0.29) is 5.91 Å². The maximum atomic E-state index is 11.2. The Bertz CT molecular complexity index is 486. The van der Waals surface area contributed by atoms with E-state index in [1.165, 1.54) is 24.9 Å². The van der Waals surface area contributed by atoms with Gasteiger partial charge in [0.25, 0.3) is 0 Å². The van der Waals surface area contributed by atoms with Gasteiger partial charge in [-0.25, -0.2) is 4.98 Å². The number of aromatic nitrogens is 1. The van der Waals surface area contributed by atoms with Gasteiger partial charge in [0.15, 0.2) is 5.44 Å². The predicted octanol–water partition coefficient (Wildman–Crippen LogP) is 2.33.